The van der Waals surface area contributed by atoms with Crippen LogP contribution in [0.4, 0.5) is 15.9 Å². The van der Waals surface area contributed by atoms with Crippen LogP contribution in [0.3, 0.4) is 0 Å². The minimum Gasteiger partial charge on any atom is -0.325 e. The van der Waals surface area contributed by atoms with Gasteiger partial charge in [-0.25, -0.2) is 18.7 Å². The number of hydrogen-bond acceptors (Lipinski definition) is 8. The molecule has 44 heavy (non-hydrogen) atoms. The lowest BCUT2D eigenvalue weighted by atomic mass is 10.1. The van der Waals surface area contributed by atoms with Gasteiger partial charge in [-0.15, -0.1) is 11.8 Å². The smallest absolute Gasteiger partial charge is 0.325 e. The van der Waals surface area contributed by atoms with Gasteiger partial charge in [0.2, 0.25) is 11.8 Å². The third-order valence-electron chi connectivity index (χ3n) is 7.82. The number of pyridine rings is 2. The SMILES string of the molecule is C=CC(=O)N1CCN(c2nc(=O)n3c4nc(c(Cl)cc24)-c2c(F)cccc2NC(=O)CSc2ccnc(C(C)C)c2-3)C2=C[C@@H]21. The normalized spacial score (nSPS) is 17.2. The van der Waals surface area contributed by atoms with Gasteiger partial charge in [-0.2, -0.15) is 4.98 Å². The number of nitrogens with one attached hydrogen (secondary N) is 1. The first-order chi connectivity index (χ1) is 21.2. The minimum absolute atomic E-state index is 0.00712. The second-order valence-corrected chi connectivity index (χ2v) is 12.3. The van der Waals surface area contributed by atoms with E-state index in [1.165, 1.54) is 34.5 Å². The molecule has 1 aromatic carbocycles. The molecule has 0 spiro atoms. The van der Waals surface area contributed by atoms with Gasteiger partial charge in [-0.3, -0.25) is 14.6 Å². The number of nitrogens with zero attached hydrogens (tertiary/aromatic N) is 6. The Kier molecular flexibility index (Phi) is 6.78. The lowest BCUT2D eigenvalue weighted by molar-refractivity contribution is -0.126. The Labute approximate surface area is 260 Å². The number of hydrogen-bond donors (Lipinski definition) is 1. The number of piperazine rings is 1. The molecular weight excluding hydrogens is 605 g/mol. The Morgan fingerprint density at radius 2 is 2.05 bits per heavy atom. The summed E-state index contributed by atoms with van der Waals surface area (Å²) in [6, 6.07) is 7.48. The Morgan fingerprint density at radius 1 is 1.23 bits per heavy atom. The fourth-order valence-electron chi connectivity index (χ4n) is 5.78. The van der Waals surface area contributed by atoms with Crippen molar-refractivity contribution in [3.63, 3.8) is 0 Å². The van der Waals surface area contributed by atoms with Gasteiger partial charge < -0.3 is 15.1 Å². The Morgan fingerprint density at radius 3 is 2.82 bits per heavy atom. The summed E-state index contributed by atoms with van der Waals surface area (Å²) in [5.41, 5.74) is 1.75. The molecule has 7 rings (SSSR count). The number of fused-ring (bicyclic) bond motifs is 6. The Balaban J connectivity index is 1.55. The molecule has 13 heteroatoms. The molecule has 0 saturated carbocycles. The molecule has 2 bridgehead atoms. The summed E-state index contributed by atoms with van der Waals surface area (Å²) in [7, 11) is 0. The van der Waals surface area contributed by atoms with E-state index in [2.05, 4.69) is 21.9 Å². The van der Waals surface area contributed by atoms with Crippen LogP contribution < -0.4 is 15.9 Å². The summed E-state index contributed by atoms with van der Waals surface area (Å²) in [6.45, 7) is 8.27. The van der Waals surface area contributed by atoms with Crippen molar-refractivity contribution in [2.45, 2.75) is 30.7 Å². The third kappa shape index (κ3) is 4.47. The van der Waals surface area contributed by atoms with Crippen molar-refractivity contribution in [1.29, 1.82) is 0 Å². The van der Waals surface area contributed by atoms with Gasteiger partial charge in [-0.05, 0) is 42.3 Å². The maximum absolute atomic E-state index is 15.5. The molecular formula is C31H25ClFN7O3S. The van der Waals surface area contributed by atoms with Crippen LogP contribution in [0.5, 0.6) is 0 Å². The van der Waals surface area contributed by atoms with E-state index in [9.17, 15) is 14.4 Å². The second-order valence-electron chi connectivity index (χ2n) is 10.9. The van der Waals surface area contributed by atoms with Crippen molar-refractivity contribution in [3.8, 4) is 16.9 Å². The van der Waals surface area contributed by atoms with Crippen LogP contribution in [0, 0.1) is 5.82 Å². The van der Waals surface area contributed by atoms with Crippen LogP contribution in [-0.4, -0.2) is 61.1 Å². The highest BCUT2D eigenvalue weighted by molar-refractivity contribution is 8.00. The minimum atomic E-state index is -0.636. The molecule has 0 radical (unpaired) electrons. The number of amides is 2. The summed E-state index contributed by atoms with van der Waals surface area (Å²) in [5, 5.41) is 3.37. The first-order valence-electron chi connectivity index (χ1n) is 13.9. The molecule has 1 fully saturated rings. The largest absolute Gasteiger partial charge is 0.355 e. The topological polar surface area (TPSA) is 113 Å². The summed E-state index contributed by atoms with van der Waals surface area (Å²) >= 11 is 8.09. The van der Waals surface area contributed by atoms with Gasteiger partial charge >= 0.3 is 5.69 Å². The van der Waals surface area contributed by atoms with E-state index in [1.807, 2.05) is 24.8 Å². The summed E-state index contributed by atoms with van der Waals surface area (Å²) in [6.07, 6.45) is 4.84. The molecule has 10 nitrogen and oxygen atoms in total. The standard InChI is InChI=1S/C31H25ClFN7O3S/c1-4-24(42)38-10-11-39(21-13-20(21)38)29-16-12-17(32)27-25-18(33)6-5-7-19(25)35-23(41)14-44-22-8-9-34-26(15(2)3)28(22)40(30(16)36-27)31(43)37-29/h4-9,12-13,15,20H,1,10-11,14H2,2-3H3,(H,35,41)/t20-/m0/s1. The molecule has 5 heterocycles. The zero-order valence-electron chi connectivity index (χ0n) is 23.7. The lowest BCUT2D eigenvalue weighted by Gasteiger charge is -2.34. The number of thioether (sulfide) groups is 1. The van der Waals surface area contributed by atoms with Gasteiger partial charge in [0.1, 0.15) is 11.6 Å². The predicted molar refractivity (Wildman–Crippen MR) is 168 cm³/mol. The van der Waals surface area contributed by atoms with Crippen LogP contribution in [0.15, 0.2) is 70.6 Å². The summed E-state index contributed by atoms with van der Waals surface area (Å²) in [5.74, 6) is -0.960. The highest BCUT2D eigenvalue weighted by Crippen LogP contribution is 2.43. The van der Waals surface area contributed by atoms with E-state index in [0.717, 1.165) is 5.70 Å². The van der Waals surface area contributed by atoms with Gasteiger partial charge in [0.15, 0.2) is 5.65 Å². The second kappa shape index (κ2) is 10.6. The van der Waals surface area contributed by atoms with Gasteiger partial charge in [0, 0.05) is 29.9 Å². The molecule has 1 saturated heterocycles. The molecule has 0 unspecified atom stereocenters. The molecule has 2 aliphatic heterocycles. The number of aromatic nitrogens is 4. The number of benzene rings is 1. The molecule has 3 aliphatic rings. The molecule has 1 atom stereocenters. The van der Waals surface area contributed by atoms with Crippen molar-refractivity contribution in [1.82, 2.24) is 24.4 Å². The van der Waals surface area contributed by atoms with E-state index in [-0.39, 0.29) is 57.1 Å². The number of carbonyl (C=O) groups excluding carboxylic acids is 2. The van der Waals surface area contributed by atoms with Gasteiger partial charge in [-0.1, -0.05) is 38.1 Å². The van der Waals surface area contributed by atoms with Gasteiger partial charge in [0.05, 0.1) is 50.5 Å². The van der Waals surface area contributed by atoms with Crippen LogP contribution in [-0.2, 0) is 9.59 Å². The van der Waals surface area contributed by atoms with Crippen LogP contribution >= 0.6 is 23.4 Å². The van der Waals surface area contributed by atoms with E-state index in [1.54, 1.807) is 29.3 Å². The number of anilines is 2. The molecule has 4 aromatic rings. The van der Waals surface area contributed by atoms with Crippen molar-refractivity contribution < 1.29 is 14.0 Å². The molecule has 1 aliphatic carbocycles. The first-order valence-corrected chi connectivity index (χ1v) is 15.3. The van der Waals surface area contributed by atoms with Crippen molar-refractivity contribution >= 4 is 57.7 Å². The van der Waals surface area contributed by atoms with E-state index in [0.29, 0.717) is 40.6 Å². The monoisotopic (exact) mass is 629 g/mol. The summed E-state index contributed by atoms with van der Waals surface area (Å²) in [4.78, 5) is 57.9. The predicted octanol–water partition coefficient (Wildman–Crippen LogP) is 4.90. The van der Waals surface area contributed by atoms with E-state index < -0.39 is 11.5 Å². The number of halogens is 2. The number of carbonyl (C=O) groups is 2. The van der Waals surface area contributed by atoms with Crippen molar-refractivity contribution in [2.75, 3.05) is 29.1 Å². The number of rotatable bonds is 3. The third-order valence-corrected chi connectivity index (χ3v) is 9.15. The fourth-order valence-corrected chi connectivity index (χ4v) is 6.88. The Bertz CT molecular complexity index is 2030. The maximum Gasteiger partial charge on any atom is 0.355 e. The van der Waals surface area contributed by atoms with Crippen molar-refractivity contribution in [3.05, 3.63) is 88.0 Å². The lowest BCUT2D eigenvalue weighted by Crippen LogP contribution is -2.46. The zero-order valence-corrected chi connectivity index (χ0v) is 25.2. The molecule has 2 amide bonds. The zero-order chi connectivity index (χ0) is 30.9. The van der Waals surface area contributed by atoms with Gasteiger partial charge in [0.25, 0.3) is 0 Å². The van der Waals surface area contributed by atoms with E-state index in [4.69, 9.17) is 16.6 Å². The van der Waals surface area contributed by atoms with Crippen LogP contribution in [0.25, 0.3) is 28.0 Å². The first kappa shape index (κ1) is 28.2. The molecule has 222 valence electrons. The Hall–Kier alpha value is -4.55. The fraction of sp³-hybridized carbons (Fsp3) is 0.226. The van der Waals surface area contributed by atoms with Crippen LogP contribution in [0.1, 0.15) is 25.5 Å². The highest BCUT2D eigenvalue weighted by atomic mass is 35.5. The average Bonchev–Trinajstić information content (AvgIpc) is 3.80. The quantitative estimate of drug-likeness (QED) is 0.318. The molecule has 1 N–H and O–H groups in total. The van der Waals surface area contributed by atoms with E-state index >= 15 is 4.39 Å². The van der Waals surface area contributed by atoms with Crippen LogP contribution in [0.2, 0.25) is 5.02 Å². The molecule has 3 aromatic heterocycles. The average molecular weight is 630 g/mol. The highest BCUT2D eigenvalue weighted by Gasteiger charge is 2.43. The summed E-state index contributed by atoms with van der Waals surface area (Å²) < 4.78 is 16.9. The van der Waals surface area contributed by atoms with Crippen molar-refractivity contribution in [2.24, 2.45) is 0 Å². The maximum atomic E-state index is 15.5.